The highest BCUT2D eigenvalue weighted by atomic mass is 35.5. The number of rotatable bonds is 7. The van der Waals surface area contributed by atoms with E-state index in [1.54, 1.807) is 25.1 Å². The van der Waals surface area contributed by atoms with Crippen LogP contribution >= 0.6 is 11.6 Å². The SMILES string of the molecule is CCOC(=O)CCCC(=O)OCc1cccc(Cl)c1. The molecule has 104 valence electrons. The fourth-order valence-corrected chi connectivity index (χ4v) is 1.69. The van der Waals surface area contributed by atoms with Gasteiger partial charge in [0.1, 0.15) is 6.61 Å². The van der Waals surface area contributed by atoms with Gasteiger partial charge in [-0.05, 0) is 31.0 Å². The Kier molecular flexibility index (Phi) is 6.97. The number of benzene rings is 1. The molecule has 1 rings (SSSR count). The number of hydrogen-bond donors (Lipinski definition) is 0. The molecule has 0 radical (unpaired) electrons. The molecule has 0 aromatic heterocycles. The van der Waals surface area contributed by atoms with Gasteiger partial charge < -0.3 is 9.47 Å². The monoisotopic (exact) mass is 284 g/mol. The Labute approximate surface area is 117 Å². The number of carbonyl (C=O) groups is 2. The number of halogens is 1. The Hall–Kier alpha value is -1.55. The molecule has 0 N–H and O–H groups in total. The number of carbonyl (C=O) groups excluding carboxylic acids is 2. The van der Waals surface area contributed by atoms with Crippen molar-refractivity contribution in [2.45, 2.75) is 32.8 Å². The Morgan fingerprint density at radius 3 is 2.47 bits per heavy atom. The lowest BCUT2D eigenvalue weighted by molar-refractivity contribution is -0.146. The van der Waals surface area contributed by atoms with Crippen molar-refractivity contribution >= 4 is 23.5 Å². The minimum atomic E-state index is -0.329. The van der Waals surface area contributed by atoms with Crippen molar-refractivity contribution in [1.29, 1.82) is 0 Å². The number of hydrogen-bond acceptors (Lipinski definition) is 4. The molecule has 0 unspecified atom stereocenters. The van der Waals surface area contributed by atoms with Gasteiger partial charge in [-0.1, -0.05) is 23.7 Å². The minimum Gasteiger partial charge on any atom is -0.466 e. The summed E-state index contributed by atoms with van der Waals surface area (Å²) in [7, 11) is 0. The quantitative estimate of drug-likeness (QED) is 0.722. The van der Waals surface area contributed by atoms with Crippen molar-refractivity contribution in [2.75, 3.05) is 6.61 Å². The average Bonchev–Trinajstić information content (AvgIpc) is 2.37. The van der Waals surface area contributed by atoms with Crippen LogP contribution in [0.5, 0.6) is 0 Å². The lowest BCUT2D eigenvalue weighted by atomic mass is 10.2. The molecule has 1 aromatic rings. The summed E-state index contributed by atoms with van der Waals surface area (Å²) in [6.07, 6.45) is 0.882. The molecular formula is C14H17ClO4. The molecule has 5 heteroatoms. The van der Waals surface area contributed by atoms with Crippen LogP contribution in [0.4, 0.5) is 0 Å². The molecule has 0 saturated carbocycles. The zero-order valence-corrected chi connectivity index (χ0v) is 11.6. The molecule has 0 atom stereocenters. The van der Waals surface area contributed by atoms with E-state index in [2.05, 4.69) is 0 Å². The maximum absolute atomic E-state index is 11.4. The molecule has 0 spiro atoms. The molecule has 19 heavy (non-hydrogen) atoms. The van der Waals surface area contributed by atoms with Gasteiger partial charge >= 0.3 is 11.9 Å². The molecule has 0 heterocycles. The Morgan fingerprint density at radius 2 is 1.84 bits per heavy atom. The fraction of sp³-hybridized carbons (Fsp3) is 0.429. The van der Waals surface area contributed by atoms with Crippen LogP contribution in [-0.2, 0) is 25.7 Å². The first-order valence-corrected chi connectivity index (χ1v) is 6.55. The molecule has 0 fully saturated rings. The van der Waals surface area contributed by atoms with E-state index < -0.39 is 0 Å². The highest BCUT2D eigenvalue weighted by Crippen LogP contribution is 2.12. The van der Waals surface area contributed by atoms with Crippen LogP contribution in [0.1, 0.15) is 31.7 Å². The molecule has 0 aliphatic carbocycles. The van der Waals surface area contributed by atoms with E-state index in [-0.39, 0.29) is 31.4 Å². The van der Waals surface area contributed by atoms with Crippen LogP contribution < -0.4 is 0 Å². The predicted octanol–water partition coefficient (Wildman–Crippen LogP) is 3.12. The lowest BCUT2D eigenvalue weighted by Crippen LogP contribution is -2.07. The van der Waals surface area contributed by atoms with Crippen LogP contribution in [-0.4, -0.2) is 18.5 Å². The second-order valence-corrected chi connectivity index (χ2v) is 4.39. The van der Waals surface area contributed by atoms with E-state index >= 15 is 0 Å². The van der Waals surface area contributed by atoms with Crippen molar-refractivity contribution in [1.82, 2.24) is 0 Å². The molecule has 0 saturated heterocycles. The van der Waals surface area contributed by atoms with Crippen LogP contribution in [0, 0.1) is 0 Å². The molecule has 1 aromatic carbocycles. The summed E-state index contributed by atoms with van der Waals surface area (Å²) < 4.78 is 9.84. The van der Waals surface area contributed by atoms with Gasteiger partial charge in [0, 0.05) is 17.9 Å². The van der Waals surface area contributed by atoms with Crippen LogP contribution in [0.25, 0.3) is 0 Å². The zero-order chi connectivity index (χ0) is 14.1. The van der Waals surface area contributed by atoms with E-state index in [9.17, 15) is 9.59 Å². The first-order valence-electron chi connectivity index (χ1n) is 6.17. The third-order valence-corrected chi connectivity index (χ3v) is 2.59. The highest BCUT2D eigenvalue weighted by Gasteiger charge is 2.07. The highest BCUT2D eigenvalue weighted by molar-refractivity contribution is 6.30. The van der Waals surface area contributed by atoms with Gasteiger partial charge in [0.2, 0.25) is 0 Å². The van der Waals surface area contributed by atoms with Gasteiger partial charge in [0.25, 0.3) is 0 Å². The van der Waals surface area contributed by atoms with E-state index in [1.807, 2.05) is 6.07 Å². The maximum Gasteiger partial charge on any atom is 0.306 e. The van der Waals surface area contributed by atoms with Crippen molar-refractivity contribution < 1.29 is 19.1 Å². The summed E-state index contributed by atoms with van der Waals surface area (Å²) in [4.78, 5) is 22.5. The second kappa shape index (κ2) is 8.53. The molecule has 0 aliphatic rings. The van der Waals surface area contributed by atoms with Crippen LogP contribution in [0.2, 0.25) is 5.02 Å². The van der Waals surface area contributed by atoms with Gasteiger partial charge in [0.05, 0.1) is 6.61 Å². The summed E-state index contributed by atoms with van der Waals surface area (Å²) in [6.45, 7) is 2.30. The minimum absolute atomic E-state index is 0.193. The van der Waals surface area contributed by atoms with Crippen molar-refractivity contribution in [2.24, 2.45) is 0 Å². The van der Waals surface area contributed by atoms with E-state index in [4.69, 9.17) is 21.1 Å². The van der Waals surface area contributed by atoms with Gasteiger partial charge in [-0.15, -0.1) is 0 Å². The first-order chi connectivity index (χ1) is 9.11. The summed E-state index contributed by atoms with van der Waals surface area (Å²) in [5.74, 6) is -0.616. The normalized spacial score (nSPS) is 10.0. The first kappa shape index (κ1) is 15.5. The third kappa shape index (κ3) is 6.82. The molecule has 4 nitrogen and oxygen atoms in total. The smallest absolute Gasteiger partial charge is 0.306 e. The summed E-state index contributed by atoms with van der Waals surface area (Å²) in [5.41, 5.74) is 0.839. The van der Waals surface area contributed by atoms with Crippen LogP contribution in [0.3, 0.4) is 0 Å². The number of ether oxygens (including phenoxy) is 2. The van der Waals surface area contributed by atoms with Crippen LogP contribution in [0.15, 0.2) is 24.3 Å². The van der Waals surface area contributed by atoms with Gasteiger partial charge in [-0.3, -0.25) is 9.59 Å². The topological polar surface area (TPSA) is 52.6 Å². The van der Waals surface area contributed by atoms with E-state index in [0.717, 1.165) is 5.56 Å². The van der Waals surface area contributed by atoms with Gasteiger partial charge in [-0.25, -0.2) is 0 Å². The largest absolute Gasteiger partial charge is 0.466 e. The fourth-order valence-electron chi connectivity index (χ4n) is 1.47. The summed E-state index contributed by atoms with van der Waals surface area (Å²) in [5, 5.41) is 0.607. The van der Waals surface area contributed by atoms with Crippen molar-refractivity contribution in [3.8, 4) is 0 Å². The summed E-state index contributed by atoms with van der Waals surface area (Å²) >= 11 is 5.82. The maximum atomic E-state index is 11.4. The standard InChI is InChI=1S/C14H17ClO4/c1-2-18-13(16)7-4-8-14(17)19-10-11-5-3-6-12(15)9-11/h3,5-6,9H,2,4,7-8,10H2,1H3. The lowest BCUT2D eigenvalue weighted by Gasteiger charge is -2.05. The van der Waals surface area contributed by atoms with E-state index in [0.29, 0.717) is 18.1 Å². The Bertz CT molecular complexity index is 431. The van der Waals surface area contributed by atoms with Crippen molar-refractivity contribution in [3.05, 3.63) is 34.9 Å². The molecular weight excluding hydrogens is 268 g/mol. The van der Waals surface area contributed by atoms with Gasteiger partial charge in [-0.2, -0.15) is 0 Å². The molecule has 0 aliphatic heterocycles. The predicted molar refractivity (Wildman–Crippen MR) is 71.7 cm³/mol. The molecule has 0 amide bonds. The third-order valence-electron chi connectivity index (χ3n) is 2.36. The van der Waals surface area contributed by atoms with Crippen molar-refractivity contribution in [3.63, 3.8) is 0 Å². The molecule has 0 bridgehead atoms. The average molecular weight is 285 g/mol. The van der Waals surface area contributed by atoms with Gasteiger partial charge in [0.15, 0.2) is 0 Å². The van der Waals surface area contributed by atoms with E-state index in [1.165, 1.54) is 0 Å². The summed E-state index contributed by atoms with van der Waals surface area (Å²) in [6, 6.07) is 7.13. The zero-order valence-electron chi connectivity index (χ0n) is 10.9. The second-order valence-electron chi connectivity index (χ2n) is 3.95. The Morgan fingerprint density at radius 1 is 1.16 bits per heavy atom. The Balaban J connectivity index is 2.19. The number of esters is 2.